The molecule has 49 heavy (non-hydrogen) atoms. The lowest BCUT2D eigenvalue weighted by Gasteiger charge is -2.41. The molecule has 2 aliphatic carbocycles. The fraction of sp³-hybridized carbons (Fsp3) is 0.595. The van der Waals surface area contributed by atoms with Crippen LogP contribution in [0.2, 0.25) is 0 Å². The summed E-state index contributed by atoms with van der Waals surface area (Å²) in [4.78, 5) is 32.8. The number of hydrogen-bond donors (Lipinski definition) is 2. The van der Waals surface area contributed by atoms with Crippen LogP contribution >= 0.6 is 0 Å². The molecular weight excluding hydrogens is 616 g/mol. The number of hydrogen-bond acceptors (Lipinski definition) is 10. The van der Waals surface area contributed by atoms with Crippen molar-refractivity contribution in [3.8, 4) is 17.5 Å². The van der Waals surface area contributed by atoms with E-state index in [0.717, 1.165) is 48.3 Å². The molecular formula is C37H52N10O2. The van der Waals surface area contributed by atoms with Gasteiger partial charge in [-0.3, -0.25) is 9.36 Å². The molecule has 1 aromatic carbocycles. The maximum absolute atomic E-state index is 11.5. The van der Waals surface area contributed by atoms with Crippen LogP contribution in [0.3, 0.4) is 0 Å². The summed E-state index contributed by atoms with van der Waals surface area (Å²) in [5.41, 5.74) is 8.53. The Bertz CT molecular complexity index is 1610. The van der Waals surface area contributed by atoms with Crippen molar-refractivity contribution < 1.29 is 9.53 Å². The van der Waals surface area contributed by atoms with Crippen LogP contribution in [-0.4, -0.2) is 88.1 Å². The molecule has 1 saturated heterocycles. The number of ether oxygens (including phenoxy) is 1. The van der Waals surface area contributed by atoms with Gasteiger partial charge in [-0.1, -0.05) is 39.5 Å². The topological polar surface area (TPSA) is 141 Å². The van der Waals surface area contributed by atoms with Crippen LogP contribution in [0, 0.1) is 23.2 Å². The number of imidazole rings is 1. The third-order valence-corrected chi connectivity index (χ3v) is 10.9. The average molecular weight is 669 g/mol. The number of anilines is 3. The normalized spacial score (nSPS) is 22.8. The molecule has 3 N–H and O–H groups in total. The molecule has 1 atom stereocenters. The van der Waals surface area contributed by atoms with Gasteiger partial charge in [0.2, 0.25) is 11.9 Å². The van der Waals surface area contributed by atoms with Crippen molar-refractivity contribution in [1.29, 1.82) is 5.26 Å². The van der Waals surface area contributed by atoms with Gasteiger partial charge in [0, 0.05) is 44.3 Å². The molecule has 2 aliphatic heterocycles. The van der Waals surface area contributed by atoms with E-state index in [4.69, 9.17) is 15.5 Å². The third-order valence-electron chi connectivity index (χ3n) is 10.9. The maximum atomic E-state index is 11.5. The van der Waals surface area contributed by atoms with Crippen LogP contribution in [0.4, 0.5) is 17.5 Å². The maximum Gasteiger partial charge on any atom is 0.248 e. The number of carbonyl (C=O) groups excluding carboxylic acids is 1. The first-order chi connectivity index (χ1) is 23.8. The number of benzene rings is 1. The van der Waals surface area contributed by atoms with Crippen LogP contribution in [-0.2, 0) is 0 Å². The van der Waals surface area contributed by atoms with Gasteiger partial charge >= 0.3 is 0 Å². The van der Waals surface area contributed by atoms with Gasteiger partial charge in [-0.2, -0.15) is 10.2 Å². The van der Waals surface area contributed by atoms with Crippen molar-refractivity contribution in [2.24, 2.45) is 17.6 Å². The summed E-state index contributed by atoms with van der Waals surface area (Å²) in [6, 6.07) is 7.53. The quantitative estimate of drug-likeness (QED) is 0.309. The van der Waals surface area contributed by atoms with Gasteiger partial charge in [0.1, 0.15) is 23.8 Å². The molecule has 0 bridgehead atoms. The molecule has 1 unspecified atom stereocenters. The Hall–Kier alpha value is -4.21. The average Bonchev–Trinajstić information content (AvgIpc) is 3.81. The first-order valence-electron chi connectivity index (χ1n) is 18.1. The van der Waals surface area contributed by atoms with Gasteiger partial charge in [-0.05, 0) is 69.2 Å². The Balaban J connectivity index is 0.000000232. The van der Waals surface area contributed by atoms with Crippen LogP contribution < -0.4 is 20.7 Å². The number of fused-ring (bicyclic) bond motifs is 3. The number of nitrogens with zero attached hydrogens (tertiary/aromatic N) is 8. The molecule has 262 valence electrons. The molecule has 12 nitrogen and oxygen atoms in total. The van der Waals surface area contributed by atoms with E-state index in [1.807, 2.05) is 4.57 Å². The molecule has 12 heteroatoms. The minimum Gasteiger partial charge on any atom is -0.495 e. The van der Waals surface area contributed by atoms with E-state index in [2.05, 4.69) is 56.9 Å². The lowest BCUT2D eigenvalue weighted by atomic mass is 9.83. The standard InChI is InChI=1S/C24H26N8O2.C13H26N2/c1-3-18-21-17(11-25)28-13-31(21)19-12-27-24(30-23(19)32(18)15-6-4-5-7-15)29-16-9-8-14(22(26)33)10-20(16)34-2;1-12-3-5-13(6-4-12)11-15-9-7-14(2)8-10-15/h8-10,12-13,15,18H,3-7H2,1-2H3,(H2,26,33)(H,27,29,30);12-13H,3-11H2,1-2H3. The van der Waals surface area contributed by atoms with Crippen molar-refractivity contribution in [3.63, 3.8) is 0 Å². The molecule has 7 rings (SSSR count). The Morgan fingerprint density at radius 2 is 1.82 bits per heavy atom. The highest BCUT2D eigenvalue weighted by Gasteiger charge is 2.39. The van der Waals surface area contributed by atoms with Crippen LogP contribution in [0.5, 0.6) is 5.75 Å². The zero-order chi connectivity index (χ0) is 34.5. The van der Waals surface area contributed by atoms with Crippen LogP contribution in [0.15, 0.2) is 30.7 Å². The van der Waals surface area contributed by atoms with Crippen molar-refractivity contribution >= 4 is 23.4 Å². The minimum atomic E-state index is -0.527. The monoisotopic (exact) mass is 668 g/mol. The number of piperazine rings is 1. The Morgan fingerprint density at radius 1 is 1.08 bits per heavy atom. The van der Waals surface area contributed by atoms with Gasteiger partial charge < -0.3 is 30.5 Å². The van der Waals surface area contributed by atoms with Gasteiger partial charge in [-0.25, -0.2) is 9.97 Å². The number of nitrogens with one attached hydrogen (secondary N) is 1. The number of carbonyl (C=O) groups is 1. The number of methoxy groups -OCH3 is 1. The molecule has 2 saturated carbocycles. The van der Waals surface area contributed by atoms with E-state index in [1.54, 1.807) is 30.7 Å². The van der Waals surface area contributed by atoms with E-state index in [1.165, 1.54) is 78.4 Å². The van der Waals surface area contributed by atoms with Crippen molar-refractivity contribution in [2.45, 2.75) is 83.7 Å². The fourth-order valence-electron chi connectivity index (χ4n) is 8.00. The SMILES string of the molecule is CC1CCC(CN2CCN(C)CC2)CC1.CCC1c2c(C#N)ncn2-c2cnc(Nc3ccc(C(N)=O)cc3OC)nc2N1C1CCCC1. The molecule has 2 aromatic heterocycles. The lowest BCUT2D eigenvalue weighted by molar-refractivity contribution is 0.1000. The summed E-state index contributed by atoms with van der Waals surface area (Å²) in [5.74, 6) is 3.16. The summed E-state index contributed by atoms with van der Waals surface area (Å²) in [7, 11) is 3.76. The molecule has 4 heterocycles. The highest BCUT2D eigenvalue weighted by Crippen LogP contribution is 2.44. The first kappa shape index (κ1) is 34.6. The predicted molar refractivity (Wildman–Crippen MR) is 191 cm³/mol. The van der Waals surface area contributed by atoms with Gasteiger partial charge in [0.05, 0.1) is 30.7 Å². The summed E-state index contributed by atoms with van der Waals surface area (Å²) >= 11 is 0. The number of amides is 1. The number of rotatable bonds is 8. The molecule has 3 aromatic rings. The Kier molecular flexibility index (Phi) is 11.0. The largest absolute Gasteiger partial charge is 0.495 e. The number of nitrogens with two attached hydrogens (primary N) is 1. The van der Waals surface area contributed by atoms with Gasteiger partial charge in [0.25, 0.3) is 0 Å². The second-order valence-electron chi connectivity index (χ2n) is 14.3. The number of nitriles is 1. The highest BCUT2D eigenvalue weighted by atomic mass is 16.5. The third kappa shape index (κ3) is 7.68. The smallest absolute Gasteiger partial charge is 0.248 e. The molecule has 4 aliphatic rings. The Labute approximate surface area is 290 Å². The molecule has 1 amide bonds. The molecule has 0 radical (unpaired) electrons. The minimum absolute atomic E-state index is 0.000105. The number of likely N-dealkylation sites (N-methyl/N-ethyl adjacent to an activating group) is 1. The zero-order valence-electron chi connectivity index (χ0n) is 29.6. The second kappa shape index (κ2) is 15.6. The Morgan fingerprint density at radius 3 is 2.47 bits per heavy atom. The molecule has 0 spiro atoms. The van der Waals surface area contributed by atoms with Crippen molar-refractivity contribution in [1.82, 2.24) is 29.3 Å². The summed E-state index contributed by atoms with van der Waals surface area (Å²) in [6.45, 7) is 11.0. The van der Waals surface area contributed by atoms with E-state index in [0.29, 0.717) is 34.7 Å². The second-order valence-corrected chi connectivity index (χ2v) is 14.3. The van der Waals surface area contributed by atoms with E-state index in [-0.39, 0.29) is 6.04 Å². The highest BCUT2D eigenvalue weighted by molar-refractivity contribution is 5.94. The van der Waals surface area contributed by atoms with E-state index < -0.39 is 5.91 Å². The fourth-order valence-corrected chi connectivity index (χ4v) is 8.00. The zero-order valence-corrected chi connectivity index (χ0v) is 29.6. The van der Waals surface area contributed by atoms with Crippen molar-refractivity contribution in [3.05, 3.63) is 47.7 Å². The number of primary amides is 1. The van der Waals surface area contributed by atoms with E-state index in [9.17, 15) is 10.1 Å². The van der Waals surface area contributed by atoms with Crippen LogP contribution in [0.25, 0.3) is 5.69 Å². The van der Waals surface area contributed by atoms with Gasteiger partial charge in [-0.15, -0.1) is 0 Å². The number of aromatic nitrogens is 4. The van der Waals surface area contributed by atoms with Crippen LogP contribution in [0.1, 0.15) is 99.4 Å². The first-order valence-corrected chi connectivity index (χ1v) is 18.1. The summed E-state index contributed by atoms with van der Waals surface area (Å²) < 4.78 is 7.38. The van der Waals surface area contributed by atoms with Crippen molar-refractivity contribution in [2.75, 3.05) is 57.1 Å². The van der Waals surface area contributed by atoms with E-state index >= 15 is 0 Å². The lowest BCUT2D eigenvalue weighted by Crippen LogP contribution is -2.46. The summed E-state index contributed by atoms with van der Waals surface area (Å²) in [6.07, 6.45) is 14.7. The van der Waals surface area contributed by atoms with Gasteiger partial charge in [0.15, 0.2) is 11.5 Å². The summed E-state index contributed by atoms with van der Waals surface area (Å²) in [5, 5.41) is 12.9. The molecule has 3 fully saturated rings. The predicted octanol–water partition coefficient (Wildman–Crippen LogP) is 5.66.